The Bertz CT molecular complexity index is 487. The van der Waals surface area contributed by atoms with E-state index in [-0.39, 0.29) is 19.5 Å². The minimum Gasteiger partial charge on any atom is -0.469 e. The van der Waals surface area contributed by atoms with Crippen molar-refractivity contribution >= 4 is 16.2 Å². The number of methoxy groups -OCH3 is 1. The first-order valence-corrected chi connectivity index (χ1v) is 6.92. The third-order valence-electron chi connectivity index (χ3n) is 2.31. The van der Waals surface area contributed by atoms with Crippen LogP contribution in [0.25, 0.3) is 0 Å². The average Bonchev–Trinajstić information content (AvgIpc) is 2.88. The summed E-state index contributed by atoms with van der Waals surface area (Å²) in [5.41, 5.74) is 0. The molecule has 0 bridgehead atoms. The molecule has 0 aliphatic heterocycles. The van der Waals surface area contributed by atoms with Gasteiger partial charge in [0.15, 0.2) is 5.82 Å². The predicted octanol–water partition coefficient (Wildman–Crippen LogP) is -1.06. The zero-order chi connectivity index (χ0) is 14.3. The molecule has 0 atom stereocenters. The molecule has 0 unspecified atom stereocenters. The highest BCUT2D eigenvalue weighted by atomic mass is 32.2. The number of aromatic nitrogens is 2. The maximum Gasteiger partial charge on any atom is 0.306 e. The molecular formula is C9H16N4O5S. The molecule has 19 heavy (non-hydrogen) atoms. The van der Waals surface area contributed by atoms with Gasteiger partial charge in [-0.15, -0.1) is 0 Å². The average molecular weight is 292 g/mol. The van der Waals surface area contributed by atoms with Crippen molar-refractivity contribution < 1.29 is 22.5 Å². The molecule has 0 saturated heterocycles. The molecule has 1 aromatic rings. The SMILES string of the molecule is COC(=O)CCN(C)S(=O)(=O)NCCc1ncon1. The van der Waals surface area contributed by atoms with Crippen LogP contribution in [-0.2, 0) is 26.2 Å². The van der Waals surface area contributed by atoms with Gasteiger partial charge in [-0.1, -0.05) is 5.16 Å². The minimum absolute atomic E-state index is 0.00124. The Balaban J connectivity index is 2.35. The zero-order valence-corrected chi connectivity index (χ0v) is 11.5. The van der Waals surface area contributed by atoms with Crippen molar-refractivity contribution in [3.63, 3.8) is 0 Å². The Kier molecular flexibility index (Phi) is 5.86. The van der Waals surface area contributed by atoms with E-state index in [0.29, 0.717) is 12.2 Å². The van der Waals surface area contributed by atoms with Gasteiger partial charge in [0.25, 0.3) is 10.2 Å². The molecule has 0 fully saturated rings. The van der Waals surface area contributed by atoms with Crippen molar-refractivity contribution in [1.29, 1.82) is 0 Å². The first-order chi connectivity index (χ1) is 8.95. The van der Waals surface area contributed by atoms with Gasteiger partial charge in [-0.25, -0.2) is 4.72 Å². The lowest BCUT2D eigenvalue weighted by Crippen LogP contribution is -2.40. The highest BCUT2D eigenvalue weighted by molar-refractivity contribution is 7.87. The summed E-state index contributed by atoms with van der Waals surface area (Å²) < 4.78 is 35.9. The van der Waals surface area contributed by atoms with E-state index in [2.05, 4.69) is 24.1 Å². The topological polar surface area (TPSA) is 115 Å². The highest BCUT2D eigenvalue weighted by Crippen LogP contribution is 1.97. The molecule has 0 amide bonds. The van der Waals surface area contributed by atoms with Gasteiger partial charge < -0.3 is 9.26 Å². The summed E-state index contributed by atoms with van der Waals surface area (Å²) >= 11 is 0. The summed E-state index contributed by atoms with van der Waals surface area (Å²) in [7, 11) is -1.00. The highest BCUT2D eigenvalue weighted by Gasteiger charge is 2.18. The van der Waals surface area contributed by atoms with Crippen LogP contribution < -0.4 is 4.72 Å². The number of hydrogen-bond acceptors (Lipinski definition) is 7. The quantitative estimate of drug-likeness (QED) is 0.607. The minimum atomic E-state index is -3.63. The van der Waals surface area contributed by atoms with E-state index in [9.17, 15) is 13.2 Å². The Labute approximate surface area is 111 Å². The van der Waals surface area contributed by atoms with Crippen molar-refractivity contribution in [3.05, 3.63) is 12.2 Å². The molecule has 9 nitrogen and oxygen atoms in total. The summed E-state index contributed by atoms with van der Waals surface area (Å²) in [6.45, 7) is 0.189. The van der Waals surface area contributed by atoms with Crippen molar-refractivity contribution in [3.8, 4) is 0 Å². The smallest absolute Gasteiger partial charge is 0.306 e. The van der Waals surface area contributed by atoms with E-state index < -0.39 is 16.2 Å². The van der Waals surface area contributed by atoms with Gasteiger partial charge in [0, 0.05) is 26.6 Å². The summed E-state index contributed by atoms with van der Waals surface area (Å²) in [6.07, 6.45) is 1.49. The predicted molar refractivity (Wildman–Crippen MR) is 64.2 cm³/mol. The number of ether oxygens (including phenoxy) is 1. The van der Waals surface area contributed by atoms with Crippen molar-refractivity contribution in [2.75, 3.05) is 27.2 Å². The molecule has 0 saturated carbocycles. The number of hydrogen-bond donors (Lipinski definition) is 1. The van der Waals surface area contributed by atoms with Crippen molar-refractivity contribution in [2.45, 2.75) is 12.8 Å². The lowest BCUT2D eigenvalue weighted by atomic mass is 10.4. The molecule has 0 spiro atoms. The van der Waals surface area contributed by atoms with E-state index in [0.717, 1.165) is 4.31 Å². The molecule has 1 aromatic heterocycles. The fourth-order valence-electron chi connectivity index (χ4n) is 1.18. The summed E-state index contributed by atoms with van der Waals surface area (Å²) in [5, 5.41) is 3.56. The summed E-state index contributed by atoms with van der Waals surface area (Å²) in [6, 6.07) is 0. The Morgan fingerprint density at radius 1 is 1.58 bits per heavy atom. The van der Waals surface area contributed by atoms with Gasteiger partial charge in [-0.05, 0) is 0 Å². The fraction of sp³-hybridized carbons (Fsp3) is 0.667. The van der Waals surface area contributed by atoms with E-state index in [1.165, 1.54) is 20.6 Å². The van der Waals surface area contributed by atoms with Gasteiger partial charge >= 0.3 is 5.97 Å². The summed E-state index contributed by atoms with van der Waals surface area (Å²) in [5.74, 6) is -0.0474. The number of esters is 1. The van der Waals surface area contributed by atoms with Crippen LogP contribution in [0.5, 0.6) is 0 Å². The summed E-state index contributed by atoms with van der Waals surface area (Å²) in [4.78, 5) is 14.7. The molecule has 0 radical (unpaired) electrons. The van der Waals surface area contributed by atoms with Gasteiger partial charge in [-0.2, -0.15) is 17.7 Å². The van der Waals surface area contributed by atoms with E-state index in [1.54, 1.807) is 0 Å². The van der Waals surface area contributed by atoms with Crippen molar-refractivity contribution in [2.24, 2.45) is 0 Å². The molecule has 0 aliphatic rings. The van der Waals surface area contributed by atoms with Crippen LogP contribution in [0.4, 0.5) is 0 Å². The molecule has 1 rings (SSSR count). The van der Waals surface area contributed by atoms with Crippen LogP contribution in [0, 0.1) is 0 Å². The third-order valence-corrected chi connectivity index (χ3v) is 3.88. The number of rotatable bonds is 8. The lowest BCUT2D eigenvalue weighted by molar-refractivity contribution is -0.140. The normalized spacial score (nSPS) is 11.7. The second kappa shape index (κ2) is 7.16. The Hall–Kier alpha value is -1.52. The number of carbonyl (C=O) groups is 1. The van der Waals surface area contributed by atoms with E-state index in [1.807, 2.05) is 0 Å². The van der Waals surface area contributed by atoms with Gasteiger partial charge in [0.2, 0.25) is 6.39 Å². The first kappa shape index (κ1) is 15.5. The molecular weight excluding hydrogens is 276 g/mol. The molecule has 0 aliphatic carbocycles. The number of carbonyl (C=O) groups excluding carboxylic acids is 1. The van der Waals surface area contributed by atoms with Crippen LogP contribution in [-0.4, -0.2) is 56.1 Å². The Morgan fingerprint density at radius 2 is 2.32 bits per heavy atom. The van der Waals surface area contributed by atoms with Gasteiger partial charge in [0.05, 0.1) is 13.5 Å². The van der Waals surface area contributed by atoms with Crippen molar-refractivity contribution in [1.82, 2.24) is 19.2 Å². The zero-order valence-electron chi connectivity index (χ0n) is 10.7. The number of nitrogens with one attached hydrogen (secondary N) is 1. The lowest BCUT2D eigenvalue weighted by Gasteiger charge is -2.16. The van der Waals surface area contributed by atoms with E-state index >= 15 is 0 Å². The Morgan fingerprint density at radius 3 is 2.89 bits per heavy atom. The van der Waals surface area contributed by atoms with Crippen LogP contribution in [0.1, 0.15) is 12.2 Å². The number of nitrogens with zero attached hydrogens (tertiary/aromatic N) is 3. The van der Waals surface area contributed by atoms with Crippen LogP contribution in [0.2, 0.25) is 0 Å². The van der Waals surface area contributed by atoms with Gasteiger partial charge in [-0.3, -0.25) is 4.79 Å². The maximum atomic E-state index is 11.8. The first-order valence-electron chi connectivity index (χ1n) is 5.48. The third kappa shape index (κ3) is 5.32. The fourth-order valence-corrected chi connectivity index (χ4v) is 2.09. The monoisotopic (exact) mass is 292 g/mol. The van der Waals surface area contributed by atoms with Gasteiger partial charge in [0.1, 0.15) is 0 Å². The largest absolute Gasteiger partial charge is 0.469 e. The molecule has 10 heteroatoms. The molecule has 1 N–H and O–H groups in total. The molecule has 108 valence electrons. The second-order valence-corrected chi connectivity index (χ2v) is 5.51. The van der Waals surface area contributed by atoms with Crippen LogP contribution in [0.15, 0.2) is 10.9 Å². The van der Waals surface area contributed by atoms with E-state index in [4.69, 9.17) is 0 Å². The standard InChI is InChI=1S/C9H16N4O5S/c1-13(6-4-9(14)17-2)19(15,16)11-5-3-8-10-7-18-12-8/h7,11H,3-6H2,1-2H3. The maximum absolute atomic E-state index is 11.8. The second-order valence-electron chi connectivity index (χ2n) is 3.64. The molecule has 0 aromatic carbocycles. The van der Waals surface area contributed by atoms with Crippen LogP contribution in [0.3, 0.4) is 0 Å². The van der Waals surface area contributed by atoms with Crippen LogP contribution >= 0.6 is 0 Å². The molecule has 1 heterocycles.